The Morgan fingerprint density at radius 3 is 2.59 bits per heavy atom. The maximum absolute atomic E-state index is 13.1. The summed E-state index contributed by atoms with van der Waals surface area (Å²) >= 11 is 0. The van der Waals surface area contributed by atoms with Gasteiger partial charge in [0.25, 0.3) is 0 Å². The van der Waals surface area contributed by atoms with Gasteiger partial charge in [-0.2, -0.15) is 0 Å². The molecule has 1 aliphatic carbocycles. The highest BCUT2D eigenvalue weighted by molar-refractivity contribution is 5.93. The fraction of sp³-hybridized carbons (Fsp3) is 0.577. The standard InChI is InChI=1S/C26H36N2O4/c1-6-17-16-28(14-13-22(31-7-2)32-8-3)21-15-19(17)24(26(29)30-5)23-18-11-9-10-12-20(18)27(4)25(21)23/h6,9-12,19,21-22,24H,7-8,13-16H2,1-5H3/b17-6-/t19-,21-,24+/m0/s1. The number of piperidine rings is 1. The molecule has 0 saturated carbocycles. The Hall–Kier alpha value is -2.15. The van der Waals surface area contributed by atoms with Gasteiger partial charge in [-0.25, -0.2) is 0 Å². The maximum atomic E-state index is 13.1. The Bertz CT molecular complexity index is 989. The van der Waals surface area contributed by atoms with E-state index in [0.717, 1.165) is 36.9 Å². The average molecular weight is 441 g/mol. The van der Waals surface area contributed by atoms with Crippen LogP contribution in [0.2, 0.25) is 0 Å². The van der Waals surface area contributed by atoms with Crippen LogP contribution >= 0.6 is 0 Å². The molecule has 6 heteroatoms. The summed E-state index contributed by atoms with van der Waals surface area (Å²) in [4.78, 5) is 15.6. The Morgan fingerprint density at radius 2 is 1.94 bits per heavy atom. The van der Waals surface area contributed by atoms with E-state index in [-0.39, 0.29) is 30.1 Å². The minimum Gasteiger partial charge on any atom is -0.469 e. The second kappa shape index (κ2) is 9.77. The number of nitrogens with zero attached hydrogens (tertiary/aromatic N) is 2. The van der Waals surface area contributed by atoms with Crippen LogP contribution in [0.3, 0.4) is 0 Å². The van der Waals surface area contributed by atoms with Crippen LogP contribution in [0.5, 0.6) is 0 Å². The third kappa shape index (κ3) is 3.89. The number of para-hydroxylation sites is 1. The number of aryl methyl sites for hydroxylation is 1. The second-order valence-electron chi connectivity index (χ2n) is 8.70. The Morgan fingerprint density at radius 1 is 1.22 bits per heavy atom. The van der Waals surface area contributed by atoms with Crippen LogP contribution in [0.4, 0.5) is 0 Å². The van der Waals surface area contributed by atoms with E-state index in [4.69, 9.17) is 14.2 Å². The zero-order valence-electron chi connectivity index (χ0n) is 20.0. The molecule has 0 spiro atoms. The number of benzene rings is 1. The van der Waals surface area contributed by atoms with Crippen LogP contribution in [-0.2, 0) is 26.1 Å². The molecule has 0 radical (unpaired) electrons. The van der Waals surface area contributed by atoms with Gasteiger partial charge in [-0.15, -0.1) is 0 Å². The van der Waals surface area contributed by atoms with Crippen molar-refractivity contribution in [2.45, 2.75) is 51.9 Å². The largest absolute Gasteiger partial charge is 0.469 e. The SMILES string of the molecule is C/C=C1/CN(CCC(OCC)OCC)[C@H]2C[C@@H]1[C@@H](C(=O)OC)c1c2n(C)c2ccccc12. The number of carbonyl (C=O) groups is 1. The van der Waals surface area contributed by atoms with Gasteiger partial charge in [-0.3, -0.25) is 9.69 Å². The molecule has 6 nitrogen and oxygen atoms in total. The summed E-state index contributed by atoms with van der Waals surface area (Å²) in [6, 6.07) is 8.67. The maximum Gasteiger partial charge on any atom is 0.313 e. The number of allylic oxidation sites excluding steroid dienone is 1. The highest BCUT2D eigenvalue weighted by Gasteiger charge is 2.48. The highest BCUT2D eigenvalue weighted by Crippen LogP contribution is 2.53. The number of rotatable bonds is 8. The predicted molar refractivity (Wildman–Crippen MR) is 126 cm³/mol. The summed E-state index contributed by atoms with van der Waals surface area (Å²) in [7, 11) is 3.63. The van der Waals surface area contributed by atoms with Gasteiger partial charge in [0.1, 0.15) is 0 Å². The summed E-state index contributed by atoms with van der Waals surface area (Å²) in [6.45, 7) is 9.12. The smallest absolute Gasteiger partial charge is 0.313 e. The average Bonchev–Trinajstić information content (AvgIpc) is 3.11. The zero-order chi connectivity index (χ0) is 22.8. The van der Waals surface area contributed by atoms with Crippen LogP contribution in [0, 0.1) is 5.92 Å². The predicted octanol–water partition coefficient (Wildman–Crippen LogP) is 4.55. The molecule has 1 saturated heterocycles. The topological polar surface area (TPSA) is 52.9 Å². The van der Waals surface area contributed by atoms with Gasteiger partial charge in [0, 0.05) is 62.3 Å². The molecular weight excluding hydrogens is 404 g/mol. The lowest BCUT2D eigenvalue weighted by Gasteiger charge is -2.47. The van der Waals surface area contributed by atoms with E-state index in [2.05, 4.69) is 53.8 Å². The fourth-order valence-electron chi connectivity index (χ4n) is 5.82. The summed E-state index contributed by atoms with van der Waals surface area (Å²) in [6.07, 6.45) is 3.75. The van der Waals surface area contributed by atoms with E-state index < -0.39 is 0 Å². The fourth-order valence-corrected chi connectivity index (χ4v) is 5.82. The normalized spacial score (nSPS) is 24.3. The number of aromatic nitrogens is 1. The van der Waals surface area contributed by atoms with E-state index >= 15 is 0 Å². The lowest BCUT2D eigenvalue weighted by molar-refractivity contribution is -0.145. The second-order valence-corrected chi connectivity index (χ2v) is 8.70. The van der Waals surface area contributed by atoms with Gasteiger partial charge in [-0.05, 0) is 38.8 Å². The molecule has 2 bridgehead atoms. The summed E-state index contributed by atoms with van der Waals surface area (Å²) < 4.78 is 19.2. The van der Waals surface area contributed by atoms with Gasteiger partial charge >= 0.3 is 5.97 Å². The van der Waals surface area contributed by atoms with Crippen molar-refractivity contribution >= 4 is 16.9 Å². The number of hydrogen-bond donors (Lipinski definition) is 0. The van der Waals surface area contributed by atoms with Gasteiger partial charge in [0.05, 0.1) is 19.1 Å². The molecule has 1 aromatic carbocycles. The summed E-state index contributed by atoms with van der Waals surface area (Å²) in [5.41, 5.74) is 4.88. The van der Waals surface area contributed by atoms with E-state index in [0.29, 0.717) is 13.2 Å². The van der Waals surface area contributed by atoms with Crippen LogP contribution in [0.25, 0.3) is 10.9 Å². The number of esters is 1. The molecule has 174 valence electrons. The number of hydrogen-bond acceptors (Lipinski definition) is 5. The van der Waals surface area contributed by atoms with Gasteiger partial charge < -0.3 is 18.8 Å². The molecular formula is C26H36N2O4. The number of ether oxygens (including phenoxy) is 3. The number of carbonyl (C=O) groups excluding carboxylic acids is 1. The first-order valence-electron chi connectivity index (χ1n) is 11.8. The first kappa shape index (κ1) is 23.0. The molecule has 0 N–H and O–H groups in total. The zero-order valence-corrected chi connectivity index (χ0v) is 20.0. The Labute approximate surface area is 191 Å². The molecule has 2 heterocycles. The minimum absolute atomic E-state index is 0.133. The number of likely N-dealkylation sites (tertiary alicyclic amines) is 1. The van der Waals surface area contributed by atoms with Crippen molar-refractivity contribution in [1.82, 2.24) is 9.47 Å². The Balaban J connectivity index is 1.77. The number of fused-ring (bicyclic) bond motifs is 6. The van der Waals surface area contributed by atoms with Crippen molar-refractivity contribution in [2.24, 2.45) is 13.0 Å². The summed E-state index contributed by atoms with van der Waals surface area (Å²) in [5.74, 6) is -0.224. The number of methoxy groups -OCH3 is 1. The van der Waals surface area contributed by atoms with Crippen molar-refractivity contribution in [3.8, 4) is 0 Å². The summed E-state index contributed by atoms with van der Waals surface area (Å²) in [5, 5.41) is 1.16. The van der Waals surface area contributed by atoms with Crippen molar-refractivity contribution in [1.29, 1.82) is 0 Å². The molecule has 2 aliphatic rings. The molecule has 0 amide bonds. The third-order valence-corrected chi connectivity index (χ3v) is 7.18. The van der Waals surface area contributed by atoms with Gasteiger partial charge in [-0.1, -0.05) is 29.8 Å². The van der Waals surface area contributed by atoms with E-state index in [1.54, 1.807) is 0 Å². The first-order chi connectivity index (χ1) is 15.5. The van der Waals surface area contributed by atoms with Crippen molar-refractivity contribution in [2.75, 3.05) is 33.4 Å². The van der Waals surface area contributed by atoms with Crippen LogP contribution in [0.15, 0.2) is 35.9 Å². The van der Waals surface area contributed by atoms with Gasteiger partial charge in [0.15, 0.2) is 6.29 Å². The minimum atomic E-state index is -0.259. The molecule has 1 fully saturated rings. The van der Waals surface area contributed by atoms with Crippen LogP contribution in [0.1, 0.15) is 56.8 Å². The molecule has 1 aromatic heterocycles. The van der Waals surface area contributed by atoms with Crippen molar-refractivity contribution in [3.63, 3.8) is 0 Å². The molecule has 2 aromatic rings. The van der Waals surface area contributed by atoms with E-state index in [1.165, 1.54) is 23.9 Å². The van der Waals surface area contributed by atoms with Crippen LogP contribution in [-0.4, -0.2) is 55.1 Å². The van der Waals surface area contributed by atoms with E-state index in [1.807, 2.05) is 13.8 Å². The monoisotopic (exact) mass is 440 g/mol. The molecule has 0 unspecified atom stereocenters. The third-order valence-electron chi connectivity index (χ3n) is 7.18. The lowest BCUT2D eigenvalue weighted by atomic mass is 9.68. The van der Waals surface area contributed by atoms with Gasteiger partial charge in [0.2, 0.25) is 0 Å². The molecule has 1 aliphatic heterocycles. The Kier molecular flexibility index (Phi) is 7.03. The molecule has 3 atom stereocenters. The molecule has 4 rings (SSSR count). The van der Waals surface area contributed by atoms with Crippen molar-refractivity contribution < 1.29 is 19.0 Å². The quantitative estimate of drug-likeness (QED) is 0.343. The van der Waals surface area contributed by atoms with Crippen molar-refractivity contribution in [3.05, 3.63) is 47.2 Å². The van der Waals surface area contributed by atoms with Crippen LogP contribution < -0.4 is 0 Å². The highest BCUT2D eigenvalue weighted by atomic mass is 16.7. The van der Waals surface area contributed by atoms with E-state index in [9.17, 15) is 4.79 Å². The molecule has 32 heavy (non-hydrogen) atoms. The lowest BCUT2D eigenvalue weighted by Crippen LogP contribution is -2.46. The first-order valence-corrected chi connectivity index (χ1v) is 11.8.